The molecule has 0 amide bonds. The molecule has 0 saturated heterocycles. The Morgan fingerprint density at radius 1 is 1.30 bits per heavy atom. The molecule has 0 bridgehead atoms. The van der Waals surface area contributed by atoms with Crippen LogP contribution in [0.3, 0.4) is 0 Å². The number of hydrogen-bond acceptors (Lipinski definition) is 4. The molecule has 1 aromatic carbocycles. The predicted octanol–water partition coefficient (Wildman–Crippen LogP) is 2.77. The second-order valence-corrected chi connectivity index (χ2v) is 6.18. The summed E-state index contributed by atoms with van der Waals surface area (Å²) in [4.78, 5) is 3.57. The van der Waals surface area contributed by atoms with E-state index in [-0.39, 0.29) is 22.3 Å². The Bertz CT molecular complexity index is 690. The molecule has 1 heterocycles. The lowest BCUT2D eigenvalue weighted by atomic mass is 10.2. The minimum Gasteiger partial charge on any atom is -0.488 e. The van der Waals surface area contributed by atoms with Crippen LogP contribution in [0.15, 0.2) is 40.4 Å². The number of ether oxygens (including phenoxy) is 1. The van der Waals surface area contributed by atoms with Crippen LogP contribution in [0.25, 0.3) is 0 Å². The molecular weight excluding hydrogens is 295 g/mol. The van der Waals surface area contributed by atoms with Gasteiger partial charge in [0.05, 0.1) is 5.56 Å². The summed E-state index contributed by atoms with van der Waals surface area (Å²) >= 11 is 0. The first-order valence-electron chi connectivity index (χ1n) is 5.50. The third kappa shape index (κ3) is 2.84. The maximum atomic E-state index is 12.5. The van der Waals surface area contributed by atoms with Gasteiger partial charge in [0.1, 0.15) is 22.3 Å². The smallest absolute Gasteiger partial charge is 0.416 e. The number of rotatable bonds is 3. The number of aliphatic imine (C=N–C) groups is 1. The SMILES string of the molecule is CC1=NC=C(COc2cccc(C(F)(F)F)c2)S1(=O)=O. The Kier molecular flexibility index (Phi) is 3.59. The van der Waals surface area contributed by atoms with Gasteiger partial charge in [-0.05, 0) is 25.1 Å². The van der Waals surface area contributed by atoms with Crippen LogP contribution in [0, 0.1) is 0 Å². The van der Waals surface area contributed by atoms with E-state index < -0.39 is 21.6 Å². The Morgan fingerprint density at radius 3 is 2.55 bits per heavy atom. The van der Waals surface area contributed by atoms with Crippen molar-refractivity contribution in [2.24, 2.45) is 4.99 Å². The number of nitrogens with zero attached hydrogens (tertiary/aromatic N) is 1. The first-order chi connectivity index (χ1) is 9.21. The number of sulfone groups is 1. The standard InChI is InChI=1S/C12H10F3NO3S/c1-8-16-6-11(20(8,17)18)7-19-10-4-2-3-9(5-10)12(13,14)15/h2-6H,7H2,1H3. The van der Waals surface area contributed by atoms with E-state index in [2.05, 4.69) is 4.99 Å². The monoisotopic (exact) mass is 305 g/mol. The molecule has 0 atom stereocenters. The predicted molar refractivity (Wildman–Crippen MR) is 67.1 cm³/mol. The van der Waals surface area contributed by atoms with Crippen LogP contribution in [0.4, 0.5) is 13.2 Å². The normalized spacial score (nSPS) is 17.6. The zero-order chi connectivity index (χ0) is 15.0. The minimum absolute atomic E-state index is 0.0551. The molecule has 0 unspecified atom stereocenters. The molecule has 0 spiro atoms. The summed E-state index contributed by atoms with van der Waals surface area (Å²) < 4.78 is 66.0. The van der Waals surface area contributed by atoms with Gasteiger partial charge in [-0.3, -0.25) is 0 Å². The van der Waals surface area contributed by atoms with Gasteiger partial charge in [0.15, 0.2) is 0 Å². The summed E-state index contributed by atoms with van der Waals surface area (Å²) in [6, 6.07) is 4.24. The maximum absolute atomic E-state index is 12.5. The molecular formula is C12H10F3NO3S. The largest absolute Gasteiger partial charge is 0.488 e. The fraction of sp³-hybridized carbons (Fsp3) is 0.250. The number of alkyl halides is 3. The van der Waals surface area contributed by atoms with Crippen molar-refractivity contribution in [3.8, 4) is 5.75 Å². The lowest BCUT2D eigenvalue weighted by Crippen LogP contribution is -2.14. The van der Waals surface area contributed by atoms with Gasteiger partial charge in [-0.1, -0.05) is 6.07 Å². The third-order valence-electron chi connectivity index (χ3n) is 2.67. The van der Waals surface area contributed by atoms with Crippen LogP contribution in [-0.2, 0) is 16.0 Å². The summed E-state index contributed by atoms with van der Waals surface area (Å²) in [5.41, 5.74) is -0.856. The van der Waals surface area contributed by atoms with Crippen molar-refractivity contribution in [2.75, 3.05) is 6.61 Å². The van der Waals surface area contributed by atoms with Crippen LogP contribution in [0.2, 0.25) is 0 Å². The van der Waals surface area contributed by atoms with Crippen LogP contribution < -0.4 is 4.74 Å². The van der Waals surface area contributed by atoms with E-state index in [4.69, 9.17) is 4.74 Å². The van der Waals surface area contributed by atoms with Gasteiger partial charge in [0.25, 0.3) is 0 Å². The minimum atomic E-state index is -4.47. The first-order valence-corrected chi connectivity index (χ1v) is 6.98. The van der Waals surface area contributed by atoms with Gasteiger partial charge in [-0.2, -0.15) is 13.2 Å². The van der Waals surface area contributed by atoms with E-state index >= 15 is 0 Å². The number of halogens is 3. The van der Waals surface area contributed by atoms with Gasteiger partial charge in [0.2, 0.25) is 9.84 Å². The molecule has 0 aliphatic carbocycles. The zero-order valence-corrected chi connectivity index (χ0v) is 11.1. The Balaban J connectivity index is 2.10. The molecule has 20 heavy (non-hydrogen) atoms. The Morgan fingerprint density at radius 2 is 2.00 bits per heavy atom. The van der Waals surface area contributed by atoms with Crippen molar-refractivity contribution >= 4 is 14.9 Å². The third-order valence-corrected chi connectivity index (χ3v) is 4.46. The van der Waals surface area contributed by atoms with Crippen LogP contribution in [-0.4, -0.2) is 20.1 Å². The highest BCUT2D eigenvalue weighted by Gasteiger charge is 2.31. The molecule has 1 aliphatic rings. The van der Waals surface area contributed by atoms with Crippen molar-refractivity contribution in [3.05, 3.63) is 40.9 Å². The number of hydrogen-bond donors (Lipinski definition) is 0. The maximum Gasteiger partial charge on any atom is 0.416 e. The fourth-order valence-electron chi connectivity index (χ4n) is 1.52. The molecule has 1 aromatic rings. The second kappa shape index (κ2) is 4.93. The quantitative estimate of drug-likeness (QED) is 0.863. The number of benzene rings is 1. The average molecular weight is 305 g/mol. The highest BCUT2D eigenvalue weighted by atomic mass is 32.2. The molecule has 8 heteroatoms. The molecule has 0 N–H and O–H groups in total. The van der Waals surface area contributed by atoms with Crippen LogP contribution >= 0.6 is 0 Å². The van der Waals surface area contributed by atoms with E-state index in [0.717, 1.165) is 18.3 Å². The van der Waals surface area contributed by atoms with E-state index in [1.54, 1.807) is 0 Å². The van der Waals surface area contributed by atoms with Crippen LogP contribution in [0.5, 0.6) is 5.75 Å². The zero-order valence-electron chi connectivity index (χ0n) is 10.3. The van der Waals surface area contributed by atoms with E-state index in [0.29, 0.717) is 0 Å². The topological polar surface area (TPSA) is 55.7 Å². The van der Waals surface area contributed by atoms with Crippen LogP contribution in [0.1, 0.15) is 12.5 Å². The summed E-state index contributed by atoms with van der Waals surface area (Å²) in [5, 5.41) is -0.0554. The molecule has 1 aliphatic heterocycles. The second-order valence-electron chi connectivity index (χ2n) is 4.06. The van der Waals surface area contributed by atoms with Gasteiger partial charge >= 0.3 is 6.18 Å². The lowest BCUT2D eigenvalue weighted by Gasteiger charge is -2.10. The highest BCUT2D eigenvalue weighted by Crippen LogP contribution is 2.31. The molecule has 4 nitrogen and oxygen atoms in total. The van der Waals surface area contributed by atoms with Gasteiger partial charge in [-0.15, -0.1) is 0 Å². The molecule has 108 valence electrons. The summed E-state index contributed by atoms with van der Waals surface area (Å²) in [6.45, 7) is 0.980. The first kappa shape index (κ1) is 14.6. The highest BCUT2D eigenvalue weighted by molar-refractivity contribution is 8.09. The fourth-order valence-corrected chi connectivity index (χ4v) is 2.50. The van der Waals surface area contributed by atoms with Crippen molar-refractivity contribution in [2.45, 2.75) is 13.1 Å². The summed E-state index contributed by atoms with van der Waals surface area (Å²) in [6.07, 6.45) is -3.34. The van der Waals surface area contributed by atoms with E-state index in [1.165, 1.54) is 19.1 Å². The van der Waals surface area contributed by atoms with Crippen molar-refractivity contribution in [1.82, 2.24) is 0 Å². The average Bonchev–Trinajstić information content (AvgIpc) is 2.61. The summed E-state index contributed by atoms with van der Waals surface area (Å²) in [7, 11) is -3.61. The van der Waals surface area contributed by atoms with Gasteiger partial charge < -0.3 is 4.74 Å². The van der Waals surface area contributed by atoms with Crippen molar-refractivity contribution < 1.29 is 26.3 Å². The van der Waals surface area contributed by atoms with E-state index in [1.807, 2.05) is 0 Å². The van der Waals surface area contributed by atoms with E-state index in [9.17, 15) is 21.6 Å². The molecule has 0 fully saturated rings. The molecule has 0 saturated carbocycles. The lowest BCUT2D eigenvalue weighted by molar-refractivity contribution is -0.137. The van der Waals surface area contributed by atoms with Gasteiger partial charge in [0, 0.05) is 6.20 Å². The molecule has 0 aromatic heterocycles. The summed E-state index contributed by atoms with van der Waals surface area (Å²) in [5.74, 6) is -0.0551. The van der Waals surface area contributed by atoms with Crippen molar-refractivity contribution in [3.63, 3.8) is 0 Å². The molecule has 0 radical (unpaired) electrons. The van der Waals surface area contributed by atoms with Gasteiger partial charge in [-0.25, -0.2) is 13.4 Å². The van der Waals surface area contributed by atoms with Crippen molar-refractivity contribution in [1.29, 1.82) is 0 Å². The Labute approximate surface area is 113 Å². The molecule has 2 rings (SSSR count). The Hall–Kier alpha value is -1.83.